The van der Waals surface area contributed by atoms with E-state index in [4.69, 9.17) is 4.74 Å². The van der Waals surface area contributed by atoms with Gasteiger partial charge in [-0.2, -0.15) is 0 Å². The molecule has 6 nitrogen and oxygen atoms in total. The van der Waals surface area contributed by atoms with Crippen LogP contribution in [0.3, 0.4) is 0 Å². The molecule has 1 aliphatic carbocycles. The Labute approximate surface area is 175 Å². The highest BCUT2D eigenvalue weighted by Crippen LogP contribution is 2.28. The van der Waals surface area contributed by atoms with Crippen LogP contribution in [0, 0.1) is 5.92 Å². The van der Waals surface area contributed by atoms with Gasteiger partial charge in [0.25, 0.3) is 0 Å². The van der Waals surface area contributed by atoms with Crippen molar-refractivity contribution in [1.29, 1.82) is 0 Å². The molecule has 1 aromatic heterocycles. The van der Waals surface area contributed by atoms with E-state index in [2.05, 4.69) is 32.9 Å². The molecular weight excluding hydrogens is 441 g/mol. The molecule has 0 saturated heterocycles. The van der Waals surface area contributed by atoms with Gasteiger partial charge in [0, 0.05) is 45.6 Å². The third kappa shape index (κ3) is 11.5. The molecule has 0 spiro atoms. The van der Waals surface area contributed by atoms with Gasteiger partial charge in [-0.3, -0.25) is 4.99 Å². The molecule has 1 aliphatic rings. The van der Waals surface area contributed by atoms with Crippen molar-refractivity contribution in [3.05, 3.63) is 24.4 Å². The molecule has 3 N–H and O–H groups in total. The van der Waals surface area contributed by atoms with E-state index in [9.17, 15) is 0 Å². The van der Waals surface area contributed by atoms with Crippen LogP contribution in [0.25, 0.3) is 0 Å². The summed E-state index contributed by atoms with van der Waals surface area (Å²) in [4.78, 5) is 8.85. The van der Waals surface area contributed by atoms with E-state index in [1.165, 1.54) is 12.8 Å². The van der Waals surface area contributed by atoms with Gasteiger partial charge in [-0.15, -0.1) is 24.0 Å². The van der Waals surface area contributed by atoms with Crippen LogP contribution in [-0.4, -0.2) is 50.3 Å². The van der Waals surface area contributed by atoms with E-state index in [1.807, 2.05) is 18.2 Å². The molecule has 7 heteroatoms. The number of hydrogen-bond acceptors (Lipinski definition) is 4. The minimum atomic E-state index is 0. The fourth-order valence-electron chi connectivity index (χ4n) is 2.37. The van der Waals surface area contributed by atoms with Gasteiger partial charge in [0.1, 0.15) is 5.82 Å². The van der Waals surface area contributed by atoms with Crippen molar-refractivity contribution < 1.29 is 4.74 Å². The number of nitrogens with zero attached hydrogens (tertiary/aromatic N) is 2. The molecular formula is C19H34IN5O. The highest BCUT2D eigenvalue weighted by atomic mass is 127. The van der Waals surface area contributed by atoms with Gasteiger partial charge in [-0.05, 0) is 57.1 Å². The van der Waals surface area contributed by atoms with Crippen LogP contribution in [0.15, 0.2) is 29.4 Å². The lowest BCUT2D eigenvalue weighted by Gasteiger charge is -2.11. The predicted octanol–water partition coefficient (Wildman–Crippen LogP) is 3.26. The van der Waals surface area contributed by atoms with Crippen LogP contribution in [0.4, 0.5) is 5.82 Å². The van der Waals surface area contributed by atoms with E-state index in [1.54, 1.807) is 6.20 Å². The summed E-state index contributed by atoms with van der Waals surface area (Å²) in [5, 5.41) is 10.0. The first kappa shape index (κ1) is 23.0. The van der Waals surface area contributed by atoms with Gasteiger partial charge >= 0.3 is 0 Å². The molecule has 1 saturated carbocycles. The van der Waals surface area contributed by atoms with Crippen molar-refractivity contribution >= 4 is 35.8 Å². The normalized spacial score (nSPS) is 13.8. The maximum Gasteiger partial charge on any atom is 0.191 e. The molecule has 0 unspecified atom stereocenters. The number of halogens is 1. The molecule has 148 valence electrons. The molecule has 0 atom stereocenters. The number of pyridine rings is 1. The Morgan fingerprint density at radius 1 is 1.19 bits per heavy atom. The first-order valence-electron chi connectivity index (χ1n) is 9.63. The summed E-state index contributed by atoms with van der Waals surface area (Å²) < 4.78 is 5.64. The molecule has 0 aliphatic heterocycles. The second-order valence-electron chi connectivity index (χ2n) is 6.41. The summed E-state index contributed by atoms with van der Waals surface area (Å²) >= 11 is 0. The van der Waals surface area contributed by atoms with Crippen molar-refractivity contribution in [2.45, 2.75) is 39.0 Å². The molecule has 1 aromatic rings. The van der Waals surface area contributed by atoms with Gasteiger partial charge in [-0.1, -0.05) is 6.07 Å². The van der Waals surface area contributed by atoms with Gasteiger partial charge in [-0.25, -0.2) is 4.98 Å². The number of unbranched alkanes of at least 4 members (excludes halogenated alkanes) is 1. The third-order valence-electron chi connectivity index (χ3n) is 3.98. The second-order valence-corrected chi connectivity index (χ2v) is 6.41. The molecule has 1 heterocycles. The SMILES string of the molecule is CCNC(=NCCCOCC1CC1)NCCCCNc1ccccn1.I. The molecule has 26 heavy (non-hydrogen) atoms. The third-order valence-corrected chi connectivity index (χ3v) is 3.98. The predicted molar refractivity (Wildman–Crippen MR) is 120 cm³/mol. The summed E-state index contributed by atoms with van der Waals surface area (Å²) in [7, 11) is 0. The van der Waals surface area contributed by atoms with Crippen molar-refractivity contribution in [2.24, 2.45) is 10.9 Å². The van der Waals surface area contributed by atoms with Gasteiger partial charge in [0.05, 0.1) is 0 Å². The Kier molecular flexibility index (Phi) is 13.3. The van der Waals surface area contributed by atoms with Gasteiger partial charge < -0.3 is 20.7 Å². The molecule has 2 rings (SSSR count). The number of ether oxygens (including phenoxy) is 1. The fraction of sp³-hybridized carbons (Fsp3) is 0.684. The minimum absolute atomic E-state index is 0. The first-order valence-corrected chi connectivity index (χ1v) is 9.63. The van der Waals surface area contributed by atoms with E-state index in [0.717, 1.165) is 76.4 Å². The van der Waals surface area contributed by atoms with Crippen LogP contribution in [0.1, 0.15) is 39.0 Å². The van der Waals surface area contributed by atoms with Gasteiger partial charge in [0.2, 0.25) is 0 Å². The molecule has 0 radical (unpaired) electrons. The average molecular weight is 475 g/mol. The Morgan fingerprint density at radius 2 is 2.04 bits per heavy atom. The Morgan fingerprint density at radius 3 is 2.77 bits per heavy atom. The zero-order chi connectivity index (χ0) is 17.6. The van der Waals surface area contributed by atoms with E-state index in [0.29, 0.717) is 0 Å². The fourth-order valence-corrected chi connectivity index (χ4v) is 2.37. The number of rotatable bonds is 13. The highest BCUT2D eigenvalue weighted by molar-refractivity contribution is 14.0. The van der Waals surface area contributed by atoms with Crippen LogP contribution < -0.4 is 16.0 Å². The van der Waals surface area contributed by atoms with E-state index >= 15 is 0 Å². The first-order chi connectivity index (χ1) is 12.4. The van der Waals surface area contributed by atoms with Crippen molar-refractivity contribution in [3.8, 4) is 0 Å². The summed E-state index contributed by atoms with van der Waals surface area (Å²) in [6.07, 6.45) is 7.68. The quantitative estimate of drug-likeness (QED) is 0.177. The monoisotopic (exact) mass is 475 g/mol. The minimum Gasteiger partial charge on any atom is -0.381 e. The highest BCUT2D eigenvalue weighted by Gasteiger charge is 2.20. The largest absolute Gasteiger partial charge is 0.381 e. The topological polar surface area (TPSA) is 70.6 Å². The average Bonchev–Trinajstić information content (AvgIpc) is 3.46. The van der Waals surface area contributed by atoms with Crippen molar-refractivity contribution in [2.75, 3.05) is 44.7 Å². The zero-order valence-electron chi connectivity index (χ0n) is 15.9. The summed E-state index contributed by atoms with van der Waals surface area (Å²) in [6, 6.07) is 5.91. The number of hydrogen-bond donors (Lipinski definition) is 3. The number of aromatic nitrogens is 1. The Bertz CT molecular complexity index is 482. The lowest BCUT2D eigenvalue weighted by Crippen LogP contribution is -2.38. The van der Waals surface area contributed by atoms with Crippen LogP contribution in [-0.2, 0) is 4.74 Å². The van der Waals surface area contributed by atoms with Crippen LogP contribution in [0.2, 0.25) is 0 Å². The van der Waals surface area contributed by atoms with E-state index < -0.39 is 0 Å². The number of guanidine groups is 1. The lowest BCUT2D eigenvalue weighted by atomic mass is 10.3. The molecule has 1 fully saturated rings. The number of aliphatic imine (C=N–C) groups is 1. The summed E-state index contributed by atoms with van der Waals surface area (Å²) in [5.41, 5.74) is 0. The van der Waals surface area contributed by atoms with Gasteiger partial charge in [0.15, 0.2) is 5.96 Å². The Hall–Kier alpha value is -1.09. The maximum absolute atomic E-state index is 5.64. The molecule has 0 aromatic carbocycles. The number of nitrogens with one attached hydrogen (secondary N) is 3. The molecule has 0 bridgehead atoms. The zero-order valence-corrected chi connectivity index (χ0v) is 18.2. The standard InChI is InChI=1S/C19H33N5O.HI/c1-2-20-19(24-14-7-15-25-16-17-9-10-17)23-13-6-5-12-22-18-8-3-4-11-21-18;/h3-4,8,11,17H,2,5-7,9-10,12-16H2,1H3,(H,21,22)(H2,20,23,24);1H. The summed E-state index contributed by atoms with van der Waals surface area (Å²) in [6.45, 7) is 7.39. The Balaban J connectivity index is 0.00000338. The molecule has 0 amide bonds. The summed E-state index contributed by atoms with van der Waals surface area (Å²) in [5.74, 6) is 2.69. The lowest BCUT2D eigenvalue weighted by molar-refractivity contribution is 0.123. The van der Waals surface area contributed by atoms with Crippen molar-refractivity contribution in [1.82, 2.24) is 15.6 Å². The van der Waals surface area contributed by atoms with Crippen LogP contribution in [0.5, 0.6) is 0 Å². The van der Waals surface area contributed by atoms with Crippen molar-refractivity contribution in [3.63, 3.8) is 0 Å². The number of anilines is 1. The van der Waals surface area contributed by atoms with E-state index in [-0.39, 0.29) is 24.0 Å². The smallest absolute Gasteiger partial charge is 0.191 e. The van der Waals surface area contributed by atoms with Crippen LogP contribution >= 0.6 is 24.0 Å². The second kappa shape index (κ2) is 15.0. The maximum atomic E-state index is 5.64.